The molecule has 5 nitrogen and oxygen atoms in total. The molecule has 4 aromatic rings. The first-order valence-electron chi connectivity index (χ1n) is 9.21. The van der Waals surface area contributed by atoms with Crippen LogP contribution in [0.1, 0.15) is 11.1 Å². The number of nitrogens with two attached hydrogens (primary N) is 1. The molecule has 30 heavy (non-hydrogen) atoms. The second-order valence-electron chi connectivity index (χ2n) is 6.90. The van der Waals surface area contributed by atoms with E-state index in [9.17, 15) is 13.2 Å². The third-order valence-electron chi connectivity index (χ3n) is 4.63. The summed E-state index contributed by atoms with van der Waals surface area (Å²) >= 11 is 1.51. The zero-order valence-electron chi connectivity index (χ0n) is 15.7. The molecule has 0 fully saturated rings. The van der Waals surface area contributed by atoms with Crippen LogP contribution in [0.2, 0.25) is 0 Å². The van der Waals surface area contributed by atoms with Gasteiger partial charge in [-0.15, -0.1) is 0 Å². The number of nitrogens with zero attached hydrogens (tertiary/aromatic N) is 3. The van der Waals surface area contributed by atoms with Crippen molar-refractivity contribution in [1.82, 2.24) is 15.2 Å². The molecule has 0 spiro atoms. The van der Waals surface area contributed by atoms with Crippen molar-refractivity contribution in [2.24, 2.45) is 5.73 Å². The van der Waals surface area contributed by atoms with Crippen LogP contribution in [0.25, 0.3) is 21.2 Å². The maximum absolute atomic E-state index is 12.6. The Balaban J connectivity index is 1.35. The summed E-state index contributed by atoms with van der Waals surface area (Å²) in [5.74, 6) is 0. The first-order chi connectivity index (χ1) is 14.4. The fourth-order valence-corrected chi connectivity index (χ4v) is 3.88. The standard InChI is InChI=1S/C21H18F3N5S/c22-21(23,24)17-5-1-13(2-6-17)7-18(25)11-26-20-27-12-19(30-20)14-3-4-15-9-28-29-10-16(15)8-14/h1-6,8-10,12,18H,7,11,25H2,(H,26,27). The summed E-state index contributed by atoms with van der Waals surface area (Å²) in [6.45, 7) is 0.460. The van der Waals surface area contributed by atoms with E-state index in [2.05, 4.69) is 20.5 Å². The zero-order chi connectivity index (χ0) is 21.1. The predicted octanol–water partition coefficient (Wildman–Crippen LogP) is 4.75. The lowest BCUT2D eigenvalue weighted by atomic mass is 10.0. The number of thiazole rings is 1. The molecular weight excluding hydrogens is 411 g/mol. The van der Waals surface area contributed by atoms with Gasteiger partial charge in [0.15, 0.2) is 5.13 Å². The fraction of sp³-hybridized carbons (Fsp3) is 0.190. The lowest BCUT2D eigenvalue weighted by Gasteiger charge is -2.13. The van der Waals surface area contributed by atoms with Crippen molar-refractivity contribution in [3.8, 4) is 10.4 Å². The topological polar surface area (TPSA) is 76.7 Å². The summed E-state index contributed by atoms with van der Waals surface area (Å²) in [6, 6.07) is 10.9. The molecule has 3 N–H and O–H groups in total. The number of alkyl halides is 3. The van der Waals surface area contributed by atoms with Gasteiger partial charge in [-0.2, -0.15) is 23.4 Å². The average molecular weight is 429 g/mol. The lowest BCUT2D eigenvalue weighted by molar-refractivity contribution is -0.137. The number of hydrogen-bond acceptors (Lipinski definition) is 6. The first kappa shape index (κ1) is 20.2. The van der Waals surface area contributed by atoms with Crippen LogP contribution >= 0.6 is 11.3 Å². The van der Waals surface area contributed by atoms with Gasteiger partial charge in [0.25, 0.3) is 0 Å². The number of hydrogen-bond donors (Lipinski definition) is 2. The average Bonchev–Trinajstić information content (AvgIpc) is 3.21. The van der Waals surface area contributed by atoms with E-state index in [1.165, 1.54) is 23.5 Å². The Bertz CT molecular complexity index is 1140. The zero-order valence-corrected chi connectivity index (χ0v) is 16.5. The minimum Gasteiger partial charge on any atom is -0.360 e. The van der Waals surface area contributed by atoms with E-state index in [0.29, 0.717) is 13.0 Å². The van der Waals surface area contributed by atoms with Crippen molar-refractivity contribution >= 4 is 27.2 Å². The second kappa shape index (κ2) is 8.37. The Hall–Kier alpha value is -3.04. The Morgan fingerprint density at radius 1 is 0.967 bits per heavy atom. The van der Waals surface area contributed by atoms with Gasteiger partial charge in [-0.25, -0.2) is 4.98 Å². The van der Waals surface area contributed by atoms with Crippen LogP contribution in [-0.2, 0) is 12.6 Å². The van der Waals surface area contributed by atoms with Crippen LogP contribution in [0, 0.1) is 0 Å². The molecular formula is C21H18F3N5S. The van der Waals surface area contributed by atoms with Gasteiger partial charge < -0.3 is 11.1 Å². The lowest BCUT2D eigenvalue weighted by Crippen LogP contribution is -2.31. The van der Waals surface area contributed by atoms with Gasteiger partial charge >= 0.3 is 6.18 Å². The highest BCUT2D eigenvalue weighted by Gasteiger charge is 2.29. The maximum atomic E-state index is 12.6. The molecule has 2 aromatic carbocycles. The first-order valence-corrected chi connectivity index (χ1v) is 10.0. The Kier molecular flexibility index (Phi) is 5.65. The third kappa shape index (κ3) is 4.74. The van der Waals surface area contributed by atoms with Gasteiger partial charge in [0, 0.05) is 29.6 Å². The summed E-state index contributed by atoms with van der Waals surface area (Å²) in [5.41, 5.74) is 7.28. The molecule has 2 aromatic heterocycles. The third-order valence-corrected chi connectivity index (χ3v) is 5.64. The van der Waals surface area contributed by atoms with Crippen LogP contribution in [0.4, 0.5) is 18.3 Å². The molecule has 0 saturated heterocycles. The highest BCUT2D eigenvalue weighted by atomic mass is 32.1. The molecule has 0 bridgehead atoms. The minimum absolute atomic E-state index is 0.256. The number of rotatable bonds is 6. The van der Waals surface area contributed by atoms with Crippen LogP contribution in [0.15, 0.2) is 61.1 Å². The summed E-state index contributed by atoms with van der Waals surface area (Å²) in [7, 11) is 0. The summed E-state index contributed by atoms with van der Waals surface area (Å²) in [5, 5.41) is 13.7. The van der Waals surface area contributed by atoms with Crippen molar-refractivity contribution in [3.05, 3.63) is 72.2 Å². The Morgan fingerprint density at radius 3 is 2.43 bits per heavy atom. The smallest absolute Gasteiger partial charge is 0.360 e. The predicted molar refractivity (Wildman–Crippen MR) is 112 cm³/mol. The number of benzene rings is 2. The monoisotopic (exact) mass is 429 g/mol. The van der Waals surface area contributed by atoms with Crippen LogP contribution < -0.4 is 11.1 Å². The number of halogens is 3. The minimum atomic E-state index is -4.33. The van der Waals surface area contributed by atoms with Crippen molar-refractivity contribution in [2.75, 3.05) is 11.9 Å². The van der Waals surface area contributed by atoms with E-state index in [1.54, 1.807) is 18.6 Å². The van der Waals surface area contributed by atoms with E-state index >= 15 is 0 Å². The number of fused-ring (bicyclic) bond motifs is 1. The molecule has 154 valence electrons. The molecule has 9 heteroatoms. The van der Waals surface area contributed by atoms with E-state index in [1.807, 2.05) is 18.2 Å². The van der Waals surface area contributed by atoms with E-state index in [0.717, 1.165) is 44.0 Å². The van der Waals surface area contributed by atoms with E-state index in [-0.39, 0.29) is 6.04 Å². The van der Waals surface area contributed by atoms with Crippen LogP contribution in [-0.4, -0.2) is 27.8 Å². The molecule has 0 amide bonds. The van der Waals surface area contributed by atoms with Gasteiger partial charge in [-0.1, -0.05) is 35.6 Å². The molecule has 2 heterocycles. The molecule has 0 radical (unpaired) electrons. The Morgan fingerprint density at radius 2 is 1.70 bits per heavy atom. The summed E-state index contributed by atoms with van der Waals surface area (Å²) < 4.78 is 37.9. The second-order valence-corrected chi connectivity index (χ2v) is 7.93. The highest BCUT2D eigenvalue weighted by molar-refractivity contribution is 7.18. The van der Waals surface area contributed by atoms with Crippen molar-refractivity contribution < 1.29 is 13.2 Å². The molecule has 0 aliphatic heterocycles. The van der Waals surface area contributed by atoms with E-state index in [4.69, 9.17) is 5.73 Å². The molecule has 0 saturated carbocycles. The van der Waals surface area contributed by atoms with E-state index < -0.39 is 11.7 Å². The molecule has 1 atom stereocenters. The Labute approximate surface area is 174 Å². The normalized spacial score (nSPS) is 12.8. The van der Waals surface area contributed by atoms with Crippen molar-refractivity contribution in [1.29, 1.82) is 0 Å². The molecule has 1 unspecified atom stereocenters. The quantitative estimate of drug-likeness (QED) is 0.462. The summed E-state index contributed by atoms with van der Waals surface area (Å²) in [6.07, 6.45) is 1.37. The van der Waals surface area contributed by atoms with Crippen molar-refractivity contribution in [2.45, 2.75) is 18.6 Å². The molecule has 4 rings (SSSR count). The largest absolute Gasteiger partial charge is 0.416 e. The van der Waals surface area contributed by atoms with Gasteiger partial charge in [-0.05, 0) is 35.7 Å². The maximum Gasteiger partial charge on any atom is 0.416 e. The van der Waals surface area contributed by atoms with Gasteiger partial charge in [-0.3, -0.25) is 0 Å². The summed E-state index contributed by atoms with van der Waals surface area (Å²) in [4.78, 5) is 5.40. The van der Waals surface area contributed by atoms with Crippen LogP contribution in [0.3, 0.4) is 0 Å². The molecule has 0 aliphatic rings. The SMILES string of the molecule is NC(CNc1ncc(-c2ccc3cnncc3c2)s1)Cc1ccc(C(F)(F)F)cc1. The highest BCUT2D eigenvalue weighted by Crippen LogP contribution is 2.31. The van der Waals surface area contributed by atoms with Crippen molar-refractivity contribution in [3.63, 3.8) is 0 Å². The van der Waals surface area contributed by atoms with Crippen LogP contribution in [0.5, 0.6) is 0 Å². The fourth-order valence-electron chi connectivity index (χ4n) is 3.06. The van der Waals surface area contributed by atoms with Gasteiger partial charge in [0.1, 0.15) is 0 Å². The number of anilines is 1. The number of nitrogens with one attached hydrogen (secondary N) is 1. The van der Waals surface area contributed by atoms with Gasteiger partial charge in [0.2, 0.25) is 0 Å². The molecule has 0 aliphatic carbocycles. The van der Waals surface area contributed by atoms with Gasteiger partial charge in [0.05, 0.1) is 22.8 Å². The number of aromatic nitrogens is 3.